The van der Waals surface area contributed by atoms with Crippen molar-refractivity contribution in [2.75, 3.05) is 13.7 Å². The molecule has 1 rings (SSSR count). The second-order valence-corrected chi connectivity index (χ2v) is 3.42. The Bertz CT molecular complexity index is 170. The first kappa shape index (κ1) is 12.8. The molecule has 0 aliphatic carbocycles. The van der Waals surface area contributed by atoms with Gasteiger partial charge < -0.3 is 35.0 Å². The van der Waals surface area contributed by atoms with Gasteiger partial charge in [0.2, 0.25) is 0 Å². The molecule has 0 spiro atoms. The van der Waals surface area contributed by atoms with Gasteiger partial charge in [-0.2, -0.15) is 0 Å². The lowest BCUT2D eigenvalue weighted by molar-refractivity contribution is -0.221. The zero-order valence-corrected chi connectivity index (χ0v) is 8.22. The van der Waals surface area contributed by atoms with E-state index in [0.717, 1.165) is 0 Å². The van der Waals surface area contributed by atoms with E-state index in [0.29, 0.717) is 0 Å². The molecule has 90 valence electrons. The SMILES string of the molecule is CO[C@@H]1O[C@H](CO)[C@@H](O)[C@H](O)[C@H](O)[C@H]1O. The number of methoxy groups -OCH3 is 1. The summed E-state index contributed by atoms with van der Waals surface area (Å²) in [7, 11) is 1.24. The van der Waals surface area contributed by atoms with Gasteiger partial charge in [0, 0.05) is 7.11 Å². The summed E-state index contributed by atoms with van der Waals surface area (Å²) in [4.78, 5) is 0. The van der Waals surface area contributed by atoms with Crippen LogP contribution in [0.4, 0.5) is 0 Å². The maximum atomic E-state index is 9.47. The summed E-state index contributed by atoms with van der Waals surface area (Å²) in [6.45, 7) is -0.558. The van der Waals surface area contributed by atoms with E-state index in [9.17, 15) is 20.4 Å². The average molecular weight is 224 g/mol. The van der Waals surface area contributed by atoms with Crippen LogP contribution in [-0.2, 0) is 9.47 Å². The minimum absolute atomic E-state index is 0.558. The highest BCUT2D eigenvalue weighted by molar-refractivity contribution is 4.90. The van der Waals surface area contributed by atoms with Gasteiger partial charge in [0.05, 0.1) is 6.61 Å². The molecule has 1 heterocycles. The van der Waals surface area contributed by atoms with Crippen LogP contribution in [0.15, 0.2) is 0 Å². The zero-order chi connectivity index (χ0) is 11.6. The zero-order valence-electron chi connectivity index (χ0n) is 8.22. The highest BCUT2D eigenvalue weighted by Crippen LogP contribution is 2.21. The first-order valence-corrected chi connectivity index (χ1v) is 4.54. The van der Waals surface area contributed by atoms with E-state index in [1.807, 2.05) is 0 Å². The number of ether oxygens (including phenoxy) is 2. The molecule has 0 aromatic heterocycles. The molecular weight excluding hydrogens is 208 g/mol. The van der Waals surface area contributed by atoms with Gasteiger partial charge in [-0.3, -0.25) is 0 Å². The summed E-state index contributed by atoms with van der Waals surface area (Å²) in [5.74, 6) is 0. The van der Waals surface area contributed by atoms with Crippen LogP contribution >= 0.6 is 0 Å². The largest absolute Gasteiger partial charge is 0.394 e. The average Bonchev–Trinajstić information content (AvgIpc) is 2.33. The first-order valence-electron chi connectivity index (χ1n) is 4.54. The van der Waals surface area contributed by atoms with Crippen LogP contribution in [0.5, 0.6) is 0 Å². The third-order valence-electron chi connectivity index (χ3n) is 2.43. The number of hydrogen-bond donors (Lipinski definition) is 5. The fourth-order valence-electron chi connectivity index (χ4n) is 1.46. The lowest BCUT2D eigenvalue weighted by Crippen LogP contribution is -2.47. The maximum Gasteiger partial charge on any atom is 0.186 e. The highest BCUT2D eigenvalue weighted by Gasteiger charge is 2.44. The van der Waals surface area contributed by atoms with Gasteiger partial charge >= 0.3 is 0 Å². The van der Waals surface area contributed by atoms with E-state index in [1.54, 1.807) is 0 Å². The van der Waals surface area contributed by atoms with Crippen LogP contribution in [-0.4, -0.2) is 76.1 Å². The van der Waals surface area contributed by atoms with Crippen molar-refractivity contribution in [1.29, 1.82) is 0 Å². The fourth-order valence-corrected chi connectivity index (χ4v) is 1.46. The Hall–Kier alpha value is -0.280. The van der Waals surface area contributed by atoms with E-state index in [4.69, 9.17) is 14.6 Å². The Balaban J connectivity index is 2.85. The van der Waals surface area contributed by atoms with E-state index in [1.165, 1.54) is 7.11 Å². The summed E-state index contributed by atoms with van der Waals surface area (Å²) in [5.41, 5.74) is 0. The van der Waals surface area contributed by atoms with Crippen molar-refractivity contribution in [3.8, 4) is 0 Å². The predicted molar refractivity (Wildman–Crippen MR) is 46.8 cm³/mol. The summed E-state index contributed by atoms with van der Waals surface area (Å²) in [6.07, 6.45) is -8.49. The van der Waals surface area contributed by atoms with Crippen molar-refractivity contribution in [2.45, 2.75) is 36.8 Å². The van der Waals surface area contributed by atoms with Gasteiger partial charge in [0.1, 0.15) is 30.5 Å². The molecule has 0 radical (unpaired) electrons. The molecule has 1 aliphatic heterocycles. The lowest BCUT2D eigenvalue weighted by Gasteiger charge is -2.23. The number of aliphatic hydroxyl groups excluding tert-OH is 5. The number of hydrogen-bond acceptors (Lipinski definition) is 7. The summed E-state index contributed by atoms with van der Waals surface area (Å²) in [5, 5.41) is 46.6. The second kappa shape index (κ2) is 5.17. The van der Waals surface area contributed by atoms with Gasteiger partial charge in [0.25, 0.3) is 0 Å². The Morgan fingerprint density at radius 3 is 2.00 bits per heavy atom. The summed E-state index contributed by atoms with van der Waals surface area (Å²) >= 11 is 0. The van der Waals surface area contributed by atoms with Crippen molar-refractivity contribution in [3.63, 3.8) is 0 Å². The Labute approximate surface area is 86.5 Å². The molecule has 7 heteroatoms. The van der Waals surface area contributed by atoms with Gasteiger partial charge in [-0.15, -0.1) is 0 Å². The minimum Gasteiger partial charge on any atom is -0.394 e. The van der Waals surface area contributed by atoms with Crippen molar-refractivity contribution >= 4 is 0 Å². The molecule has 0 saturated carbocycles. The molecule has 15 heavy (non-hydrogen) atoms. The molecule has 1 saturated heterocycles. The van der Waals surface area contributed by atoms with Crippen LogP contribution in [0.1, 0.15) is 0 Å². The third kappa shape index (κ3) is 2.45. The van der Waals surface area contributed by atoms with Crippen LogP contribution in [0.3, 0.4) is 0 Å². The topological polar surface area (TPSA) is 120 Å². The van der Waals surface area contributed by atoms with Crippen LogP contribution in [0, 0.1) is 0 Å². The number of rotatable bonds is 2. The number of aliphatic hydroxyl groups is 5. The molecule has 0 aromatic rings. The molecule has 0 bridgehead atoms. The van der Waals surface area contributed by atoms with Crippen molar-refractivity contribution in [1.82, 2.24) is 0 Å². The Morgan fingerprint density at radius 2 is 1.53 bits per heavy atom. The smallest absolute Gasteiger partial charge is 0.186 e. The van der Waals surface area contributed by atoms with Crippen LogP contribution < -0.4 is 0 Å². The molecule has 6 atom stereocenters. The molecular formula is C8H16O7. The van der Waals surface area contributed by atoms with Gasteiger partial charge in [-0.25, -0.2) is 0 Å². The quantitative estimate of drug-likeness (QED) is 0.335. The minimum atomic E-state index is -1.60. The Kier molecular flexibility index (Phi) is 4.41. The standard InChI is InChI=1S/C8H16O7/c1-14-8-7(13)6(12)5(11)4(10)3(2-9)15-8/h3-13H,2H2,1H3/t3-,4-,5+,6+,7-,8-/m1/s1. The molecule has 0 unspecified atom stereocenters. The summed E-state index contributed by atoms with van der Waals surface area (Å²) < 4.78 is 9.70. The van der Waals surface area contributed by atoms with Crippen LogP contribution in [0.25, 0.3) is 0 Å². The first-order chi connectivity index (χ1) is 7.02. The van der Waals surface area contributed by atoms with E-state index >= 15 is 0 Å². The van der Waals surface area contributed by atoms with E-state index in [2.05, 4.69) is 0 Å². The molecule has 5 N–H and O–H groups in total. The molecule has 0 aromatic carbocycles. The monoisotopic (exact) mass is 224 g/mol. The Morgan fingerprint density at radius 1 is 1.00 bits per heavy atom. The van der Waals surface area contributed by atoms with E-state index < -0.39 is 43.4 Å². The molecule has 1 fully saturated rings. The van der Waals surface area contributed by atoms with E-state index in [-0.39, 0.29) is 0 Å². The van der Waals surface area contributed by atoms with Gasteiger partial charge in [-0.1, -0.05) is 0 Å². The normalized spacial score (nSPS) is 47.6. The predicted octanol–water partition coefficient (Wildman–Crippen LogP) is -3.21. The van der Waals surface area contributed by atoms with Crippen LogP contribution in [0.2, 0.25) is 0 Å². The highest BCUT2D eigenvalue weighted by atomic mass is 16.7. The van der Waals surface area contributed by atoms with Gasteiger partial charge in [0.15, 0.2) is 6.29 Å². The lowest BCUT2D eigenvalue weighted by atomic mass is 10.0. The second-order valence-electron chi connectivity index (χ2n) is 3.42. The molecule has 7 nitrogen and oxygen atoms in total. The van der Waals surface area contributed by atoms with Crippen molar-refractivity contribution in [3.05, 3.63) is 0 Å². The maximum absolute atomic E-state index is 9.47. The fraction of sp³-hybridized carbons (Fsp3) is 1.00. The third-order valence-corrected chi connectivity index (χ3v) is 2.43. The van der Waals surface area contributed by atoms with Crippen molar-refractivity contribution in [2.24, 2.45) is 0 Å². The van der Waals surface area contributed by atoms with Crippen molar-refractivity contribution < 1.29 is 35.0 Å². The summed E-state index contributed by atoms with van der Waals surface area (Å²) in [6, 6.07) is 0. The molecule has 1 aliphatic rings. The molecule has 0 amide bonds. The van der Waals surface area contributed by atoms with Gasteiger partial charge in [-0.05, 0) is 0 Å².